The maximum atomic E-state index is 4.33. The molecular formula is C14H26N4. The van der Waals surface area contributed by atoms with Gasteiger partial charge in [0.05, 0.1) is 0 Å². The Kier molecular flexibility index (Phi) is 5.89. The van der Waals surface area contributed by atoms with E-state index in [-0.39, 0.29) is 0 Å². The smallest absolute Gasteiger partial charge is 0.134 e. The van der Waals surface area contributed by atoms with E-state index in [1.54, 1.807) is 6.33 Å². The van der Waals surface area contributed by atoms with E-state index in [0.29, 0.717) is 6.04 Å². The van der Waals surface area contributed by atoms with Crippen LogP contribution < -0.4 is 10.6 Å². The number of aromatic nitrogens is 2. The Hall–Kier alpha value is -1.32. The molecule has 0 bridgehead atoms. The number of nitrogens with one attached hydrogen (secondary N) is 2. The third-order valence-corrected chi connectivity index (χ3v) is 3.26. The van der Waals surface area contributed by atoms with Gasteiger partial charge in [0.15, 0.2) is 0 Å². The second kappa shape index (κ2) is 7.19. The van der Waals surface area contributed by atoms with Crippen LogP contribution in [0.3, 0.4) is 0 Å². The fourth-order valence-corrected chi connectivity index (χ4v) is 2.00. The molecule has 0 spiro atoms. The summed E-state index contributed by atoms with van der Waals surface area (Å²) in [6, 6.07) is 0.433. The Morgan fingerprint density at radius 3 is 2.44 bits per heavy atom. The Morgan fingerprint density at radius 2 is 1.83 bits per heavy atom. The first-order valence-corrected chi connectivity index (χ1v) is 6.90. The van der Waals surface area contributed by atoms with Gasteiger partial charge in [-0.3, -0.25) is 0 Å². The van der Waals surface area contributed by atoms with Crippen molar-refractivity contribution in [2.75, 3.05) is 17.2 Å². The molecule has 0 aromatic carbocycles. The van der Waals surface area contributed by atoms with Crippen molar-refractivity contribution in [3.8, 4) is 0 Å². The molecule has 0 saturated carbocycles. The summed E-state index contributed by atoms with van der Waals surface area (Å²) in [5.74, 6) is 2.60. The van der Waals surface area contributed by atoms with E-state index in [4.69, 9.17) is 0 Å². The Bertz CT molecular complexity index is 365. The molecule has 0 aliphatic rings. The van der Waals surface area contributed by atoms with Crippen LogP contribution in [-0.4, -0.2) is 22.6 Å². The van der Waals surface area contributed by atoms with Crippen molar-refractivity contribution in [3.63, 3.8) is 0 Å². The molecule has 102 valence electrons. The molecule has 0 amide bonds. The lowest BCUT2D eigenvalue weighted by molar-refractivity contribution is 0.483. The number of anilines is 2. The van der Waals surface area contributed by atoms with Crippen LogP contribution in [0.15, 0.2) is 6.33 Å². The minimum absolute atomic E-state index is 0.433. The highest BCUT2D eigenvalue weighted by Gasteiger charge is 2.11. The van der Waals surface area contributed by atoms with Crippen molar-refractivity contribution in [2.45, 2.75) is 53.5 Å². The molecule has 1 aromatic heterocycles. The standard InChI is InChI=1S/C14H26N4/c1-6-10(3)8-11(4)18-14-12(5)13(15-7-2)16-9-17-14/h9-11H,6-8H2,1-5H3,(H2,15,16,17,18). The van der Waals surface area contributed by atoms with E-state index in [9.17, 15) is 0 Å². The molecule has 0 aliphatic carbocycles. The van der Waals surface area contributed by atoms with Crippen molar-refractivity contribution >= 4 is 11.6 Å². The summed E-state index contributed by atoms with van der Waals surface area (Å²) in [5.41, 5.74) is 1.09. The lowest BCUT2D eigenvalue weighted by Gasteiger charge is -2.19. The summed E-state index contributed by atoms with van der Waals surface area (Å²) in [4.78, 5) is 8.58. The molecule has 2 unspecified atom stereocenters. The minimum atomic E-state index is 0.433. The minimum Gasteiger partial charge on any atom is -0.370 e. The predicted molar refractivity (Wildman–Crippen MR) is 78.1 cm³/mol. The molecule has 2 atom stereocenters. The molecule has 0 fully saturated rings. The van der Waals surface area contributed by atoms with Crippen LogP contribution in [0.4, 0.5) is 11.6 Å². The van der Waals surface area contributed by atoms with Crippen molar-refractivity contribution in [1.29, 1.82) is 0 Å². The van der Waals surface area contributed by atoms with Crippen LogP contribution >= 0.6 is 0 Å². The van der Waals surface area contributed by atoms with Crippen LogP contribution in [0, 0.1) is 12.8 Å². The molecule has 0 aliphatic heterocycles. The van der Waals surface area contributed by atoms with Gasteiger partial charge in [-0.15, -0.1) is 0 Å². The van der Waals surface area contributed by atoms with Gasteiger partial charge in [0.1, 0.15) is 18.0 Å². The highest BCUT2D eigenvalue weighted by atomic mass is 15.1. The van der Waals surface area contributed by atoms with E-state index < -0.39 is 0 Å². The Labute approximate surface area is 111 Å². The van der Waals surface area contributed by atoms with Crippen LogP contribution in [0.1, 0.15) is 46.1 Å². The summed E-state index contributed by atoms with van der Waals surface area (Å²) in [6.45, 7) is 11.7. The lowest BCUT2D eigenvalue weighted by Crippen LogP contribution is -2.20. The maximum Gasteiger partial charge on any atom is 0.134 e. The average molecular weight is 250 g/mol. The Morgan fingerprint density at radius 1 is 1.17 bits per heavy atom. The first-order chi connectivity index (χ1) is 8.58. The molecule has 0 radical (unpaired) electrons. The van der Waals surface area contributed by atoms with Crippen molar-refractivity contribution < 1.29 is 0 Å². The number of nitrogens with zero attached hydrogens (tertiary/aromatic N) is 2. The van der Waals surface area contributed by atoms with Crippen LogP contribution in [-0.2, 0) is 0 Å². The van der Waals surface area contributed by atoms with E-state index >= 15 is 0 Å². The van der Waals surface area contributed by atoms with Gasteiger partial charge in [-0.2, -0.15) is 0 Å². The quantitative estimate of drug-likeness (QED) is 0.778. The molecular weight excluding hydrogens is 224 g/mol. The molecule has 1 rings (SSSR count). The largest absolute Gasteiger partial charge is 0.370 e. The summed E-state index contributed by atoms with van der Waals surface area (Å²) >= 11 is 0. The molecule has 1 aromatic rings. The van der Waals surface area contributed by atoms with Crippen LogP contribution in [0.2, 0.25) is 0 Å². The number of hydrogen-bond acceptors (Lipinski definition) is 4. The summed E-state index contributed by atoms with van der Waals surface area (Å²) in [5, 5.41) is 6.73. The zero-order chi connectivity index (χ0) is 13.5. The second-order valence-corrected chi connectivity index (χ2v) is 5.02. The van der Waals surface area contributed by atoms with Gasteiger partial charge in [-0.05, 0) is 33.1 Å². The maximum absolute atomic E-state index is 4.33. The Balaban J connectivity index is 2.69. The average Bonchev–Trinajstić information content (AvgIpc) is 2.34. The topological polar surface area (TPSA) is 49.8 Å². The fraction of sp³-hybridized carbons (Fsp3) is 0.714. The second-order valence-electron chi connectivity index (χ2n) is 5.02. The van der Waals surface area contributed by atoms with Gasteiger partial charge in [-0.25, -0.2) is 9.97 Å². The zero-order valence-electron chi connectivity index (χ0n) is 12.2. The number of rotatable bonds is 7. The van der Waals surface area contributed by atoms with Crippen molar-refractivity contribution in [1.82, 2.24) is 9.97 Å². The fourth-order valence-electron chi connectivity index (χ4n) is 2.00. The van der Waals surface area contributed by atoms with Crippen LogP contribution in [0.5, 0.6) is 0 Å². The highest BCUT2D eigenvalue weighted by Crippen LogP contribution is 2.20. The summed E-state index contributed by atoms with van der Waals surface area (Å²) in [7, 11) is 0. The van der Waals surface area contributed by atoms with E-state index in [1.165, 1.54) is 6.42 Å². The monoisotopic (exact) mass is 250 g/mol. The van der Waals surface area contributed by atoms with Gasteiger partial charge >= 0.3 is 0 Å². The normalized spacial score (nSPS) is 14.1. The van der Waals surface area contributed by atoms with Gasteiger partial charge in [0.25, 0.3) is 0 Å². The molecule has 4 heteroatoms. The molecule has 2 N–H and O–H groups in total. The summed E-state index contributed by atoms with van der Waals surface area (Å²) < 4.78 is 0. The molecule has 0 saturated heterocycles. The van der Waals surface area contributed by atoms with E-state index in [2.05, 4.69) is 55.2 Å². The van der Waals surface area contributed by atoms with Gasteiger partial charge in [-0.1, -0.05) is 20.3 Å². The van der Waals surface area contributed by atoms with Crippen molar-refractivity contribution in [2.24, 2.45) is 5.92 Å². The third kappa shape index (κ3) is 4.17. The first-order valence-electron chi connectivity index (χ1n) is 6.90. The SMILES string of the molecule is CCNc1ncnc(NC(C)CC(C)CC)c1C. The van der Waals surface area contributed by atoms with E-state index in [0.717, 1.165) is 36.1 Å². The highest BCUT2D eigenvalue weighted by molar-refractivity contribution is 5.56. The van der Waals surface area contributed by atoms with Gasteiger partial charge in [0, 0.05) is 18.2 Å². The van der Waals surface area contributed by atoms with Gasteiger partial charge < -0.3 is 10.6 Å². The van der Waals surface area contributed by atoms with Crippen LogP contribution in [0.25, 0.3) is 0 Å². The third-order valence-electron chi connectivity index (χ3n) is 3.26. The van der Waals surface area contributed by atoms with E-state index in [1.807, 2.05) is 0 Å². The lowest BCUT2D eigenvalue weighted by atomic mass is 10.0. The zero-order valence-corrected chi connectivity index (χ0v) is 12.2. The predicted octanol–water partition coefficient (Wildman–Crippen LogP) is 3.45. The first kappa shape index (κ1) is 14.7. The molecule has 4 nitrogen and oxygen atoms in total. The summed E-state index contributed by atoms with van der Waals surface area (Å²) in [6.07, 6.45) is 4.00. The molecule has 18 heavy (non-hydrogen) atoms. The number of hydrogen-bond donors (Lipinski definition) is 2. The van der Waals surface area contributed by atoms with Crippen molar-refractivity contribution in [3.05, 3.63) is 11.9 Å². The van der Waals surface area contributed by atoms with Gasteiger partial charge in [0.2, 0.25) is 0 Å². The molecule has 1 heterocycles.